The number of nitrogens with zero attached hydrogens (tertiary/aromatic N) is 8. The number of carbonyl (C=O) groups is 2. The first-order valence-corrected chi connectivity index (χ1v) is 15.0. The third kappa shape index (κ3) is 7.27. The van der Waals surface area contributed by atoms with Crippen molar-refractivity contribution in [3.05, 3.63) is 73.1 Å². The van der Waals surface area contributed by atoms with Gasteiger partial charge in [-0.05, 0) is 52.0 Å². The SMILES string of the molecule is C=C(C)C(=O)N(CC)c1ccc(N=Nc2ncc(-c3cnc(N=Nc4ccc(N(CC)C(=O)C(=C)C)cc4O)s3)s2)c(O)c1. The number of amides is 2. The van der Waals surface area contributed by atoms with Crippen molar-refractivity contribution in [2.75, 3.05) is 22.9 Å². The van der Waals surface area contributed by atoms with E-state index in [1.807, 2.05) is 13.8 Å². The fourth-order valence-corrected chi connectivity index (χ4v) is 5.45. The summed E-state index contributed by atoms with van der Waals surface area (Å²) in [6, 6.07) is 9.42. The van der Waals surface area contributed by atoms with Crippen molar-refractivity contribution in [1.82, 2.24) is 9.97 Å². The van der Waals surface area contributed by atoms with Gasteiger partial charge in [0.2, 0.25) is 10.3 Å². The molecule has 14 heteroatoms. The second kappa shape index (κ2) is 13.9. The Balaban J connectivity index is 1.44. The minimum atomic E-state index is -0.228. The van der Waals surface area contributed by atoms with Crippen LogP contribution in [0.15, 0.2) is 93.6 Å². The lowest BCUT2D eigenvalue weighted by atomic mass is 10.2. The van der Waals surface area contributed by atoms with Crippen LogP contribution in [0, 0.1) is 0 Å². The molecule has 0 aliphatic carbocycles. The van der Waals surface area contributed by atoms with E-state index in [2.05, 4.69) is 43.6 Å². The van der Waals surface area contributed by atoms with Crippen molar-refractivity contribution in [1.29, 1.82) is 0 Å². The number of phenols is 2. The minimum absolute atomic E-state index is 0.128. The molecule has 0 saturated heterocycles. The number of benzene rings is 2. The van der Waals surface area contributed by atoms with Gasteiger partial charge in [0.15, 0.2) is 0 Å². The Morgan fingerprint density at radius 3 is 1.43 bits per heavy atom. The quantitative estimate of drug-likeness (QED) is 0.125. The van der Waals surface area contributed by atoms with Crippen LogP contribution in [0.1, 0.15) is 27.7 Å². The molecular formula is C30H30N8O4S2. The van der Waals surface area contributed by atoms with E-state index in [1.165, 1.54) is 44.6 Å². The lowest BCUT2D eigenvalue weighted by Gasteiger charge is -2.21. The standard InChI is InChI=1S/C30H30N8O4S2/c1-7-37(27(41)17(3)4)19-9-11-21(23(39)13-19)33-35-29-31-15-25(43-29)26-16-32-30(44-26)36-34-22-12-10-20(14-24(22)40)38(8-2)28(42)18(5)6/h9-16,39-40H,3,5,7-8H2,1-2,4,6H3. The van der Waals surface area contributed by atoms with E-state index in [4.69, 9.17) is 0 Å². The fourth-order valence-electron chi connectivity index (χ4n) is 3.92. The van der Waals surface area contributed by atoms with E-state index in [-0.39, 0.29) is 34.7 Å². The minimum Gasteiger partial charge on any atom is -0.506 e. The molecule has 4 rings (SSSR count). The van der Waals surface area contributed by atoms with Gasteiger partial charge >= 0.3 is 0 Å². The van der Waals surface area contributed by atoms with Gasteiger partial charge in [0.1, 0.15) is 22.9 Å². The molecule has 0 aliphatic heterocycles. The van der Waals surface area contributed by atoms with Crippen molar-refractivity contribution >= 4 is 67.5 Å². The highest BCUT2D eigenvalue weighted by Gasteiger charge is 2.17. The summed E-state index contributed by atoms with van der Waals surface area (Å²) >= 11 is 2.55. The molecule has 0 unspecified atom stereocenters. The van der Waals surface area contributed by atoms with Crippen LogP contribution in [-0.2, 0) is 9.59 Å². The number of thiazole rings is 2. The summed E-state index contributed by atoms with van der Waals surface area (Å²) < 4.78 is 0. The van der Waals surface area contributed by atoms with E-state index in [0.29, 0.717) is 45.9 Å². The molecule has 0 radical (unpaired) electrons. The van der Waals surface area contributed by atoms with E-state index < -0.39 is 0 Å². The third-order valence-electron chi connectivity index (χ3n) is 6.11. The van der Waals surface area contributed by atoms with Crippen molar-refractivity contribution in [2.24, 2.45) is 20.5 Å². The first-order valence-electron chi connectivity index (χ1n) is 13.4. The first kappa shape index (κ1) is 31.8. The number of carbonyl (C=O) groups excluding carboxylic acids is 2. The summed E-state index contributed by atoms with van der Waals surface area (Å²) in [4.78, 5) is 37.8. The number of hydrogen-bond donors (Lipinski definition) is 2. The van der Waals surface area contributed by atoms with Gasteiger partial charge in [-0.3, -0.25) is 9.59 Å². The van der Waals surface area contributed by atoms with Gasteiger partial charge < -0.3 is 20.0 Å². The third-order valence-corrected chi connectivity index (χ3v) is 8.07. The molecule has 0 atom stereocenters. The van der Waals surface area contributed by atoms with Gasteiger partial charge in [0.05, 0.1) is 9.75 Å². The molecule has 2 N–H and O–H groups in total. The Labute approximate surface area is 262 Å². The summed E-state index contributed by atoms with van der Waals surface area (Å²) in [6.45, 7) is 15.2. The van der Waals surface area contributed by atoms with Crippen LogP contribution in [0.25, 0.3) is 9.75 Å². The molecule has 4 aromatic rings. The Morgan fingerprint density at radius 2 is 1.11 bits per heavy atom. The Kier molecular flexibility index (Phi) is 10.1. The first-order chi connectivity index (χ1) is 21.0. The molecule has 0 aliphatic rings. The molecule has 2 heterocycles. The number of phenolic OH excluding ortho intramolecular Hbond substituents is 2. The van der Waals surface area contributed by atoms with Crippen molar-refractivity contribution < 1.29 is 19.8 Å². The zero-order valence-electron chi connectivity index (χ0n) is 24.6. The largest absolute Gasteiger partial charge is 0.506 e. The number of anilines is 2. The van der Waals surface area contributed by atoms with E-state index >= 15 is 0 Å². The highest BCUT2D eigenvalue weighted by Crippen LogP contribution is 2.39. The van der Waals surface area contributed by atoms with Gasteiger partial charge in [-0.2, -0.15) is 0 Å². The second-order valence-electron chi connectivity index (χ2n) is 9.42. The lowest BCUT2D eigenvalue weighted by Crippen LogP contribution is -2.30. The number of hydrogen-bond acceptors (Lipinski definition) is 12. The van der Waals surface area contributed by atoms with E-state index in [1.54, 1.807) is 50.5 Å². The highest BCUT2D eigenvalue weighted by atomic mass is 32.1. The van der Waals surface area contributed by atoms with Gasteiger partial charge in [0, 0.05) is 60.1 Å². The Morgan fingerprint density at radius 1 is 0.727 bits per heavy atom. The number of aromatic hydroxyl groups is 2. The summed E-state index contributed by atoms with van der Waals surface area (Å²) in [6.07, 6.45) is 3.27. The monoisotopic (exact) mass is 630 g/mol. The fraction of sp³-hybridized carbons (Fsp3) is 0.200. The molecule has 2 amide bonds. The van der Waals surface area contributed by atoms with Gasteiger partial charge in [-0.25, -0.2) is 9.97 Å². The van der Waals surface area contributed by atoms with Crippen LogP contribution in [0.5, 0.6) is 11.5 Å². The molecule has 12 nitrogen and oxygen atoms in total. The molecule has 2 aromatic carbocycles. The number of rotatable bonds is 11. The van der Waals surface area contributed by atoms with Crippen molar-refractivity contribution in [3.63, 3.8) is 0 Å². The Bertz CT molecular complexity index is 1660. The van der Waals surface area contributed by atoms with Crippen LogP contribution >= 0.6 is 22.7 Å². The lowest BCUT2D eigenvalue weighted by molar-refractivity contribution is -0.115. The van der Waals surface area contributed by atoms with Crippen molar-refractivity contribution in [3.8, 4) is 21.3 Å². The Hall–Kier alpha value is -5.08. The van der Waals surface area contributed by atoms with Crippen LogP contribution in [-0.4, -0.2) is 45.1 Å². The van der Waals surface area contributed by atoms with Crippen LogP contribution < -0.4 is 9.80 Å². The summed E-state index contributed by atoms with van der Waals surface area (Å²) in [5, 5.41) is 38.2. The van der Waals surface area contributed by atoms with Crippen LogP contribution in [0.4, 0.5) is 33.0 Å². The smallest absolute Gasteiger partial charge is 0.253 e. The van der Waals surface area contributed by atoms with Crippen LogP contribution in [0.3, 0.4) is 0 Å². The molecule has 2 aromatic heterocycles. The van der Waals surface area contributed by atoms with Crippen LogP contribution in [0.2, 0.25) is 0 Å². The molecule has 0 fully saturated rings. The number of aromatic nitrogens is 2. The van der Waals surface area contributed by atoms with E-state index in [0.717, 1.165) is 9.75 Å². The van der Waals surface area contributed by atoms with E-state index in [9.17, 15) is 19.8 Å². The predicted molar refractivity (Wildman–Crippen MR) is 173 cm³/mol. The maximum Gasteiger partial charge on any atom is 0.253 e. The molecule has 0 saturated carbocycles. The molecule has 0 bridgehead atoms. The van der Waals surface area contributed by atoms with Gasteiger partial charge in [-0.15, -0.1) is 20.5 Å². The predicted octanol–water partition coefficient (Wildman–Crippen LogP) is 8.37. The molecule has 44 heavy (non-hydrogen) atoms. The average Bonchev–Trinajstić information content (AvgIpc) is 3.67. The maximum atomic E-state index is 12.4. The molecule has 226 valence electrons. The van der Waals surface area contributed by atoms with Crippen molar-refractivity contribution in [2.45, 2.75) is 27.7 Å². The molecular weight excluding hydrogens is 601 g/mol. The molecule has 0 spiro atoms. The topological polar surface area (TPSA) is 156 Å². The normalized spacial score (nSPS) is 11.3. The summed E-state index contributed by atoms with van der Waals surface area (Å²) in [5.74, 6) is -0.712. The average molecular weight is 631 g/mol. The zero-order valence-corrected chi connectivity index (χ0v) is 26.2. The zero-order chi connectivity index (χ0) is 32.0. The highest BCUT2D eigenvalue weighted by molar-refractivity contribution is 7.25. The maximum absolute atomic E-state index is 12.4. The number of azo groups is 2. The number of likely N-dealkylation sites (N-methyl/N-ethyl adjacent to an activating group) is 2. The van der Waals surface area contributed by atoms with Gasteiger partial charge in [0.25, 0.3) is 11.8 Å². The second-order valence-corrected chi connectivity index (χ2v) is 11.4. The van der Waals surface area contributed by atoms with Gasteiger partial charge in [-0.1, -0.05) is 35.8 Å². The summed E-state index contributed by atoms with van der Waals surface area (Å²) in [7, 11) is 0. The summed E-state index contributed by atoms with van der Waals surface area (Å²) in [5.41, 5.74) is 2.30.